The maximum Gasteiger partial charge on any atom is 0.472 e. The molecule has 0 aromatic rings. The van der Waals surface area contributed by atoms with E-state index in [1.54, 1.807) is 0 Å². The van der Waals surface area contributed by atoms with E-state index < -0.39 is 97.5 Å². The fourth-order valence-corrected chi connectivity index (χ4v) is 13.5. The summed E-state index contributed by atoms with van der Waals surface area (Å²) in [6.45, 7) is 4.91. The first-order valence-electron chi connectivity index (χ1n) is 40.3. The van der Waals surface area contributed by atoms with Gasteiger partial charge in [-0.3, -0.25) is 37.3 Å². The summed E-state index contributed by atoms with van der Waals surface area (Å²) in [7, 11) is -9.90. The van der Waals surface area contributed by atoms with Crippen LogP contribution in [-0.2, 0) is 65.4 Å². The van der Waals surface area contributed by atoms with Gasteiger partial charge in [-0.25, -0.2) is 9.13 Å². The summed E-state index contributed by atoms with van der Waals surface area (Å²) < 4.78 is 68.3. The maximum atomic E-state index is 13.1. The predicted octanol–water partition coefficient (Wildman–Crippen LogP) is 23.0. The third-order valence-electron chi connectivity index (χ3n) is 18.1. The van der Waals surface area contributed by atoms with Crippen LogP contribution < -0.4 is 0 Å². The van der Waals surface area contributed by atoms with Crippen LogP contribution in [0.2, 0.25) is 0 Å². The molecule has 3 N–H and O–H groups in total. The van der Waals surface area contributed by atoms with E-state index >= 15 is 0 Å². The van der Waals surface area contributed by atoms with Gasteiger partial charge in [-0.15, -0.1) is 0 Å². The Morgan fingerprint density at radius 2 is 0.417 bits per heavy atom. The number of hydrogen-bond donors (Lipinski definition) is 3. The van der Waals surface area contributed by atoms with E-state index in [2.05, 4.69) is 27.7 Å². The number of aliphatic hydroxyl groups excluding tert-OH is 1. The summed E-state index contributed by atoms with van der Waals surface area (Å²) in [6.07, 6.45) is 63.0. The lowest BCUT2D eigenvalue weighted by atomic mass is 10.0. The molecule has 0 saturated heterocycles. The number of carbonyl (C=O) groups is 4. The Morgan fingerprint density at radius 1 is 0.250 bits per heavy atom. The number of esters is 4. The van der Waals surface area contributed by atoms with Crippen molar-refractivity contribution in [2.45, 2.75) is 431 Å². The maximum absolute atomic E-state index is 13.1. The average molecular weight is 1410 g/mol. The van der Waals surface area contributed by atoms with Crippen LogP contribution in [0, 0.1) is 0 Å². The number of unbranched alkanes of at least 4 members (excludes halogenated alkanes) is 52. The van der Waals surface area contributed by atoms with E-state index in [0.717, 1.165) is 96.3 Å². The molecule has 96 heavy (non-hydrogen) atoms. The molecule has 0 aliphatic heterocycles. The van der Waals surface area contributed by atoms with Gasteiger partial charge in [0.05, 0.1) is 26.4 Å². The van der Waals surface area contributed by atoms with Gasteiger partial charge < -0.3 is 33.8 Å². The lowest BCUT2D eigenvalue weighted by Gasteiger charge is -2.21. The van der Waals surface area contributed by atoms with Gasteiger partial charge in [0, 0.05) is 25.7 Å². The van der Waals surface area contributed by atoms with Crippen molar-refractivity contribution in [3.8, 4) is 0 Å². The molecule has 0 spiro atoms. The van der Waals surface area contributed by atoms with E-state index in [-0.39, 0.29) is 25.7 Å². The lowest BCUT2D eigenvalue weighted by Crippen LogP contribution is -2.30. The standard InChI is InChI=1S/C77H150O17P2/c1-5-9-13-17-20-23-26-29-31-33-34-35-36-37-38-40-43-46-49-52-56-60-64-77(82)94-73(68-88-75(80)62-58-54-50-47-44-42-39-32-30-27-24-21-18-14-10-6-2)70-92-96(85,86)90-66-71(78)65-89-95(83,84)91-69-72(67-87-74(79)61-57-53-16-12-8-4)93-76(81)63-59-55-51-48-45-41-28-25-22-19-15-11-7-3/h71-73,78H,5-70H2,1-4H3,(H,83,84)(H,85,86)/t71-,72+,73+/m0/s1. The number of aliphatic hydroxyl groups is 1. The molecule has 0 heterocycles. The molecule has 5 atom stereocenters. The minimum atomic E-state index is -4.95. The van der Waals surface area contributed by atoms with Crippen molar-refractivity contribution in [2.24, 2.45) is 0 Å². The molecular weight excluding hydrogens is 1260 g/mol. The summed E-state index contributed by atoms with van der Waals surface area (Å²) in [5.74, 6) is -2.12. The Labute approximate surface area is 588 Å². The Bertz CT molecular complexity index is 1830. The van der Waals surface area contributed by atoms with Crippen LogP contribution in [0.1, 0.15) is 413 Å². The van der Waals surface area contributed by atoms with Crippen molar-refractivity contribution in [1.29, 1.82) is 0 Å². The van der Waals surface area contributed by atoms with Crippen LogP contribution in [0.4, 0.5) is 0 Å². The van der Waals surface area contributed by atoms with Crippen LogP contribution in [0.15, 0.2) is 0 Å². The molecule has 0 bridgehead atoms. The molecule has 0 aromatic carbocycles. The fraction of sp³-hybridized carbons (Fsp3) is 0.948. The van der Waals surface area contributed by atoms with Crippen LogP contribution in [0.3, 0.4) is 0 Å². The quantitative estimate of drug-likeness (QED) is 0.0222. The second-order valence-corrected chi connectivity index (χ2v) is 30.7. The van der Waals surface area contributed by atoms with Gasteiger partial charge in [0.2, 0.25) is 0 Å². The van der Waals surface area contributed by atoms with Gasteiger partial charge in [-0.2, -0.15) is 0 Å². The number of carbonyl (C=O) groups excluding carboxylic acids is 4. The molecule has 0 aliphatic rings. The molecule has 0 rings (SSSR count). The Kier molecular flexibility index (Phi) is 70.0. The first kappa shape index (κ1) is 94.1. The van der Waals surface area contributed by atoms with Gasteiger partial charge in [0.1, 0.15) is 19.3 Å². The van der Waals surface area contributed by atoms with Crippen LogP contribution in [0.25, 0.3) is 0 Å². The highest BCUT2D eigenvalue weighted by Crippen LogP contribution is 2.45. The van der Waals surface area contributed by atoms with E-state index in [1.165, 1.54) is 238 Å². The predicted molar refractivity (Wildman–Crippen MR) is 391 cm³/mol. The van der Waals surface area contributed by atoms with Crippen LogP contribution in [0.5, 0.6) is 0 Å². The number of phosphoric ester groups is 2. The lowest BCUT2D eigenvalue weighted by molar-refractivity contribution is -0.161. The molecule has 570 valence electrons. The molecular formula is C77H150O17P2. The third kappa shape index (κ3) is 70.5. The van der Waals surface area contributed by atoms with Crippen molar-refractivity contribution in [3.05, 3.63) is 0 Å². The van der Waals surface area contributed by atoms with Crippen molar-refractivity contribution in [3.63, 3.8) is 0 Å². The number of ether oxygens (including phenoxy) is 4. The van der Waals surface area contributed by atoms with Gasteiger partial charge in [-0.1, -0.05) is 362 Å². The van der Waals surface area contributed by atoms with Crippen molar-refractivity contribution >= 4 is 39.5 Å². The zero-order chi connectivity index (χ0) is 70.4. The molecule has 17 nitrogen and oxygen atoms in total. The highest BCUT2D eigenvalue weighted by molar-refractivity contribution is 7.47. The van der Waals surface area contributed by atoms with Crippen LogP contribution >= 0.6 is 15.6 Å². The minimum Gasteiger partial charge on any atom is -0.462 e. The van der Waals surface area contributed by atoms with Crippen LogP contribution in [-0.4, -0.2) is 96.7 Å². The second kappa shape index (κ2) is 71.5. The summed E-state index contributed by atoms with van der Waals surface area (Å²) >= 11 is 0. The molecule has 0 fully saturated rings. The molecule has 0 aromatic heterocycles. The zero-order valence-corrected chi connectivity index (χ0v) is 64.1. The normalized spacial score (nSPS) is 13.9. The second-order valence-electron chi connectivity index (χ2n) is 27.7. The molecule has 2 unspecified atom stereocenters. The fourth-order valence-electron chi connectivity index (χ4n) is 11.9. The first-order chi connectivity index (χ1) is 46.7. The number of phosphoric acid groups is 2. The third-order valence-corrected chi connectivity index (χ3v) is 20.0. The van der Waals surface area contributed by atoms with E-state index in [0.29, 0.717) is 25.7 Å². The Morgan fingerprint density at radius 3 is 0.615 bits per heavy atom. The van der Waals surface area contributed by atoms with Gasteiger partial charge in [0.25, 0.3) is 0 Å². The highest BCUT2D eigenvalue weighted by atomic mass is 31.2. The number of rotatable bonds is 78. The van der Waals surface area contributed by atoms with Gasteiger partial charge >= 0.3 is 39.5 Å². The van der Waals surface area contributed by atoms with E-state index in [4.69, 9.17) is 37.0 Å². The van der Waals surface area contributed by atoms with Gasteiger partial charge in [0.15, 0.2) is 12.2 Å². The van der Waals surface area contributed by atoms with Gasteiger partial charge in [-0.05, 0) is 25.7 Å². The summed E-state index contributed by atoms with van der Waals surface area (Å²) in [6, 6.07) is 0. The largest absolute Gasteiger partial charge is 0.472 e. The molecule has 0 saturated carbocycles. The summed E-state index contributed by atoms with van der Waals surface area (Å²) in [5, 5.41) is 10.6. The molecule has 0 amide bonds. The van der Waals surface area contributed by atoms with Crippen molar-refractivity contribution in [2.75, 3.05) is 39.6 Å². The first-order valence-corrected chi connectivity index (χ1v) is 43.3. The minimum absolute atomic E-state index is 0.107. The Hall–Kier alpha value is -1.94. The topological polar surface area (TPSA) is 237 Å². The molecule has 19 heteroatoms. The highest BCUT2D eigenvalue weighted by Gasteiger charge is 2.30. The smallest absolute Gasteiger partial charge is 0.462 e. The number of hydrogen-bond acceptors (Lipinski definition) is 15. The SMILES string of the molecule is CCCCCCCCCCCCCCCCCCCCCCCCC(=O)O[C@H](COC(=O)CCCCCCCCCCCCCCCCCC)COP(=O)(O)OC[C@@H](O)COP(=O)(O)OC[C@@H](COC(=O)CCCCCCC)OC(=O)CCCCCCCCCCCCCCC. The Balaban J connectivity index is 5.10. The summed E-state index contributed by atoms with van der Waals surface area (Å²) in [4.78, 5) is 72.5. The van der Waals surface area contributed by atoms with Crippen molar-refractivity contribution < 1.29 is 80.2 Å². The van der Waals surface area contributed by atoms with E-state index in [9.17, 15) is 43.2 Å². The average Bonchev–Trinajstić information content (AvgIpc) is 1.32. The van der Waals surface area contributed by atoms with E-state index in [1.807, 2.05) is 0 Å². The summed E-state index contributed by atoms with van der Waals surface area (Å²) in [5.41, 5.74) is 0. The monoisotopic (exact) mass is 1410 g/mol. The molecule has 0 aliphatic carbocycles. The zero-order valence-electron chi connectivity index (χ0n) is 62.4. The molecule has 0 radical (unpaired) electrons. The van der Waals surface area contributed by atoms with Crippen molar-refractivity contribution in [1.82, 2.24) is 0 Å².